The number of benzene rings is 2. The Kier molecular flexibility index (Phi) is 4.86. The highest BCUT2D eigenvalue weighted by Gasteiger charge is 2.33. The van der Waals surface area contributed by atoms with E-state index in [0.29, 0.717) is 4.90 Å². The average molecular weight is 357 g/mol. The van der Waals surface area contributed by atoms with Crippen LogP contribution in [-0.4, -0.2) is 25.9 Å². The van der Waals surface area contributed by atoms with Crippen LogP contribution in [0.4, 0.5) is 0 Å². The Morgan fingerprint density at radius 2 is 1.68 bits per heavy atom. The van der Waals surface area contributed by atoms with E-state index in [9.17, 15) is 8.42 Å². The number of rotatable bonds is 4. The summed E-state index contributed by atoms with van der Waals surface area (Å²) >= 11 is 0. The minimum Gasteiger partial charge on any atom is -0.497 e. The van der Waals surface area contributed by atoms with Gasteiger partial charge in [-0.25, -0.2) is 8.42 Å². The summed E-state index contributed by atoms with van der Waals surface area (Å²) in [6, 6.07) is 14.4. The smallest absolute Gasteiger partial charge is 0.264 e. The summed E-state index contributed by atoms with van der Waals surface area (Å²) in [5.74, 6) is 0.751. The zero-order valence-electron chi connectivity index (χ0n) is 14.8. The lowest BCUT2D eigenvalue weighted by Gasteiger charge is -2.35. The Morgan fingerprint density at radius 3 is 2.28 bits per heavy atom. The Labute approximate surface area is 149 Å². The number of hydrogen-bond donors (Lipinski definition) is 0. The number of ether oxygens (including phenoxy) is 1. The maximum absolute atomic E-state index is 13.3. The Morgan fingerprint density at radius 1 is 1.04 bits per heavy atom. The van der Waals surface area contributed by atoms with E-state index in [-0.39, 0.29) is 6.04 Å². The molecule has 2 aromatic carbocycles. The van der Waals surface area contributed by atoms with Gasteiger partial charge in [-0.3, -0.25) is 4.31 Å². The third-order valence-electron chi connectivity index (χ3n) is 4.52. The first-order valence-corrected chi connectivity index (χ1v) is 9.83. The van der Waals surface area contributed by atoms with Gasteiger partial charge >= 0.3 is 0 Å². The first-order valence-electron chi connectivity index (χ1n) is 8.39. The van der Waals surface area contributed by atoms with Gasteiger partial charge in [0.15, 0.2) is 0 Å². The number of methoxy groups -OCH3 is 1. The third kappa shape index (κ3) is 3.42. The first-order chi connectivity index (χ1) is 11.9. The molecule has 1 aliphatic rings. The fourth-order valence-corrected chi connectivity index (χ4v) is 4.83. The van der Waals surface area contributed by atoms with Gasteiger partial charge < -0.3 is 4.74 Å². The molecule has 132 valence electrons. The highest BCUT2D eigenvalue weighted by atomic mass is 32.2. The molecule has 0 amide bonds. The van der Waals surface area contributed by atoms with Crippen LogP contribution in [0.25, 0.3) is 5.70 Å². The van der Waals surface area contributed by atoms with E-state index in [2.05, 4.69) is 0 Å². The lowest BCUT2D eigenvalue weighted by Crippen LogP contribution is -2.39. The van der Waals surface area contributed by atoms with E-state index in [1.54, 1.807) is 23.5 Å². The van der Waals surface area contributed by atoms with Gasteiger partial charge in [-0.05, 0) is 68.7 Å². The standard InChI is InChI=1S/C20H23NO3S/c1-15-7-13-19(14-8-15)25(22,23)21-16(2)5-4-6-20(21)17-9-11-18(24-3)12-10-17/h6-14,16H,4-5H2,1-3H3/t16-/m0/s1. The second-order valence-electron chi connectivity index (χ2n) is 6.36. The van der Waals surface area contributed by atoms with Gasteiger partial charge in [0.25, 0.3) is 10.0 Å². The third-order valence-corrected chi connectivity index (χ3v) is 6.47. The van der Waals surface area contributed by atoms with E-state index in [1.165, 1.54) is 0 Å². The summed E-state index contributed by atoms with van der Waals surface area (Å²) in [4.78, 5) is 0.325. The second kappa shape index (κ2) is 6.92. The van der Waals surface area contributed by atoms with E-state index in [0.717, 1.165) is 35.4 Å². The molecule has 1 heterocycles. The van der Waals surface area contributed by atoms with E-state index in [1.807, 2.05) is 56.3 Å². The number of hydrogen-bond acceptors (Lipinski definition) is 3. The molecule has 5 heteroatoms. The summed E-state index contributed by atoms with van der Waals surface area (Å²) in [5.41, 5.74) is 2.65. The maximum atomic E-state index is 13.3. The molecule has 3 rings (SSSR count). The van der Waals surface area contributed by atoms with Crippen molar-refractivity contribution in [2.75, 3.05) is 7.11 Å². The van der Waals surface area contributed by atoms with Crippen LogP contribution in [0, 0.1) is 6.92 Å². The summed E-state index contributed by atoms with van der Waals surface area (Å²) < 4.78 is 33.3. The van der Waals surface area contributed by atoms with E-state index < -0.39 is 10.0 Å². The molecule has 25 heavy (non-hydrogen) atoms. The Bertz CT molecular complexity index is 868. The van der Waals surface area contributed by atoms with E-state index >= 15 is 0 Å². The van der Waals surface area contributed by atoms with Crippen LogP contribution in [0.3, 0.4) is 0 Å². The van der Waals surface area contributed by atoms with Gasteiger partial charge in [0, 0.05) is 6.04 Å². The van der Waals surface area contributed by atoms with Crippen molar-refractivity contribution in [3.05, 3.63) is 65.7 Å². The van der Waals surface area contributed by atoms with Crippen molar-refractivity contribution in [1.29, 1.82) is 0 Å². The second-order valence-corrected chi connectivity index (χ2v) is 8.17. The molecule has 0 N–H and O–H groups in total. The van der Waals surface area contributed by atoms with Crippen molar-refractivity contribution >= 4 is 15.7 Å². The highest BCUT2D eigenvalue weighted by Crippen LogP contribution is 2.35. The highest BCUT2D eigenvalue weighted by molar-refractivity contribution is 7.89. The fraction of sp³-hybridized carbons (Fsp3) is 0.300. The maximum Gasteiger partial charge on any atom is 0.264 e. The normalized spacial score (nSPS) is 18.0. The summed E-state index contributed by atoms with van der Waals surface area (Å²) in [7, 11) is -1.99. The van der Waals surface area contributed by atoms with Crippen LogP contribution in [-0.2, 0) is 10.0 Å². The SMILES string of the molecule is COc1ccc(C2=CCC[C@H](C)N2S(=O)(=O)c2ccc(C)cc2)cc1. The van der Waals surface area contributed by atoms with Crippen molar-refractivity contribution in [2.24, 2.45) is 0 Å². The molecule has 0 unspecified atom stereocenters. The quantitative estimate of drug-likeness (QED) is 0.823. The number of allylic oxidation sites excluding steroid dienone is 1. The lowest BCUT2D eigenvalue weighted by molar-refractivity contribution is 0.401. The molecule has 0 aliphatic carbocycles. The van der Waals surface area contributed by atoms with Gasteiger partial charge in [0.2, 0.25) is 0 Å². The largest absolute Gasteiger partial charge is 0.497 e. The van der Waals surface area contributed by atoms with Crippen LogP contribution in [0.15, 0.2) is 59.5 Å². The van der Waals surface area contributed by atoms with Crippen LogP contribution >= 0.6 is 0 Å². The minimum atomic E-state index is -3.61. The average Bonchev–Trinajstić information content (AvgIpc) is 2.61. The van der Waals surface area contributed by atoms with Gasteiger partial charge in [-0.1, -0.05) is 23.8 Å². The van der Waals surface area contributed by atoms with Crippen molar-refractivity contribution in [3.8, 4) is 5.75 Å². The van der Waals surface area contributed by atoms with Crippen LogP contribution in [0.2, 0.25) is 0 Å². The summed E-state index contributed by atoms with van der Waals surface area (Å²) in [6.45, 7) is 3.91. The molecule has 0 saturated carbocycles. The molecular formula is C20H23NO3S. The van der Waals surface area contributed by atoms with E-state index in [4.69, 9.17) is 4.74 Å². The zero-order valence-corrected chi connectivity index (χ0v) is 15.6. The molecule has 0 saturated heterocycles. The van der Waals surface area contributed by atoms with Gasteiger partial charge in [0.05, 0.1) is 17.7 Å². The molecular weight excluding hydrogens is 334 g/mol. The monoisotopic (exact) mass is 357 g/mol. The van der Waals surface area contributed by atoms with Gasteiger partial charge in [-0.2, -0.15) is 0 Å². The molecule has 1 atom stereocenters. The number of aryl methyl sites for hydroxylation is 1. The van der Waals surface area contributed by atoms with Crippen LogP contribution < -0.4 is 4.74 Å². The Hall–Kier alpha value is -2.27. The minimum absolute atomic E-state index is 0.0894. The van der Waals surface area contributed by atoms with Gasteiger partial charge in [0.1, 0.15) is 5.75 Å². The molecule has 0 fully saturated rings. The van der Waals surface area contributed by atoms with Crippen molar-refractivity contribution in [2.45, 2.75) is 37.6 Å². The van der Waals surface area contributed by atoms with Crippen LogP contribution in [0.1, 0.15) is 30.9 Å². The van der Waals surface area contributed by atoms with Gasteiger partial charge in [-0.15, -0.1) is 0 Å². The predicted molar refractivity (Wildman–Crippen MR) is 99.9 cm³/mol. The molecule has 0 spiro atoms. The molecule has 0 radical (unpaired) electrons. The summed E-state index contributed by atoms with van der Waals surface area (Å²) in [5, 5.41) is 0. The predicted octanol–water partition coefficient (Wildman–Crippen LogP) is 4.22. The van der Waals surface area contributed by atoms with Crippen LogP contribution in [0.5, 0.6) is 5.75 Å². The van der Waals surface area contributed by atoms with Crippen molar-refractivity contribution < 1.29 is 13.2 Å². The first kappa shape index (κ1) is 17.5. The topological polar surface area (TPSA) is 46.6 Å². The summed E-state index contributed by atoms with van der Waals surface area (Å²) in [6.07, 6.45) is 3.68. The number of sulfonamides is 1. The molecule has 2 aromatic rings. The van der Waals surface area contributed by atoms with Crippen molar-refractivity contribution in [3.63, 3.8) is 0 Å². The van der Waals surface area contributed by atoms with Crippen molar-refractivity contribution in [1.82, 2.24) is 4.31 Å². The zero-order chi connectivity index (χ0) is 18.0. The Balaban J connectivity index is 2.05. The number of nitrogens with zero attached hydrogens (tertiary/aromatic N) is 1. The molecule has 4 nitrogen and oxygen atoms in total. The molecule has 0 bridgehead atoms. The molecule has 0 aromatic heterocycles. The fourth-order valence-electron chi connectivity index (χ4n) is 3.10. The lowest BCUT2D eigenvalue weighted by atomic mass is 10.0. The molecule has 1 aliphatic heterocycles.